The zero-order chi connectivity index (χ0) is 19.3. The zero-order valence-corrected chi connectivity index (χ0v) is 17.6. The molecule has 0 unspecified atom stereocenters. The van der Waals surface area contributed by atoms with Crippen LogP contribution < -0.4 is 0 Å². The first-order valence-electron chi connectivity index (χ1n) is 9.77. The lowest BCUT2D eigenvalue weighted by Crippen LogP contribution is -2.47. The minimum atomic E-state index is 0.0322. The minimum absolute atomic E-state index is 0.0322. The molecular weight excluding hydrogens is 348 g/mol. The van der Waals surface area contributed by atoms with E-state index in [0.717, 1.165) is 56.6 Å². The lowest BCUT2D eigenvalue weighted by molar-refractivity contribution is -0.127. The van der Waals surface area contributed by atoms with Crippen molar-refractivity contribution < 1.29 is 4.79 Å². The summed E-state index contributed by atoms with van der Waals surface area (Å²) >= 11 is 6.44. The lowest BCUT2D eigenvalue weighted by atomic mass is 10.0. The monoisotopic (exact) mass is 380 g/mol. The maximum absolute atomic E-state index is 12.6. The van der Waals surface area contributed by atoms with E-state index < -0.39 is 0 Å². The van der Waals surface area contributed by atoms with Crippen molar-refractivity contribution in [1.29, 1.82) is 0 Å². The largest absolute Gasteiger partial charge is 0.339 e. The fraction of sp³-hybridized carbons (Fsp3) is 0.700. The first kappa shape index (κ1) is 21.0. The summed E-state index contributed by atoms with van der Waals surface area (Å²) in [5.74, 6) is 0.0322. The van der Waals surface area contributed by atoms with Crippen LogP contribution in [0.5, 0.6) is 0 Å². The molecule has 146 valence electrons. The van der Waals surface area contributed by atoms with Gasteiger partial charge in [0.1, 0.15) is 5.15 Å². The number of rotatable bonds is 7. The van der Waals surface area contributed by atoms with Crippen LogP contribution in [0.2, 0.25) is 5.15 Å². The average Bonchev–Trinajstić information content (AvgIpc) is 2.90. The topological polar surface area (TPSA) is 41.4 Å². The fourth-order valence-electron chi connectivity index (χ4n) is 3.45. The predicted octanol–water partition coefficient (Wildman–Crippen LogP) is 3.99. The van der Waals surface area contributed by atoms with Gasteiger partial charge in [-0.1, -0.05) is 24.9 Å². The van der Waals surface area contributed by atoms with Crippen molar-refractivity contribution in [3.05, 3.63) is 22.5 Å². The molecule has 1 saturated heterocycles. The van der Waals surface area contributed by atoms with Gasteiger partial charge in [0.05, 0.1) is 5.69 Å². The Balaban J connectivity index is 1.98. The van der Waals surface area contributed by atoms with Crippen LogP contribution in [0, 0.1) is 6.92 Å². The SMILES string of the molecule is CCCCn1nc(C)c(/C=C/C(=O)N(C)C2CCN(C(C)C)CC2)c1Cl. The van der Waals surface area contributed by atoms with E-state index in [1.165, 1.54) is 0 Å². The second kappa shape index (κ2) is 9.56. The third-order valence-corrected chi connectivity index (χ3v) is 5.75. The van der Waals surface area contributed by atoms with Crippen molar-refractivity contribution in [2.24, 2.45) is 0 Å². The van der Waals surface area contributed by atoms with Crippen LogP contribution in [0.15, 0.2) is 6.08 Å². The Labute approximate surface area is 163 Å². The molecule has 1 aromatic heterocycles. The molecule has 1 fully saturated rings. The summed E-state index contributed by atoms with van der Waals surface area (Å²) in [6.07, 6.45) is 7.65. The van der Waals surface area contributed by atoms with Crippen LogP contribution in [0.4, 0.5) is 0 Å². The standard InChI is InChI=1S/C20H33ClN4O/c1-6-7-12-25-20(21)18(16(4)22-25)8-9-19(26)23(5)17-10-13-24(14-11-17)15(2)3/h8-9,15,17H,6-7,10-14H2,1-5H3/b9-8+. The van der Waals surface area contributed by atoms with Gasteiger partial charge in [0.2, 0.25) is 5.91 Å². The number of halogens is 1. The second-order valence-corrected chi connectivity index (χ2v) is 7.87. The summed E-state index contributed by atoms with van der Waals surface area (Å²) in [5, 5.41) is 5.11. The average molecular weight is 381 g/mol. The van der Waals surface area contributed by atoms with Crippen molar-refractivity contribution in [3.8, 4) is 0 Å². The number of aromatic nitrogens is 2. The van der Waals surface area contributed by atoms with Gasteiger partial charge in [0.25, 0.3) is 0 Å². The van der Waals surface area contributed by atoms with Gasteiger partial charge in [0.15, 0.2) is 0 Å². The van der Waals surface area contributed by atoms with Crippen molar-refractivity contribution in [2.45, 2.75) is 72.0 Å². The Morgan fingerprint density at radius 2 is 2.04 bits per heavy atom. The van der Waals surface area contributed by atoms with Gasteiger partial charge in [-0.2, -0.15) is 5.10 Å². The van der Waals surface area contributed by atoms with Gasteiger partial charge in [-0.05, 0) is 46.1 Å². The summed E-state index contributed by atoms with van der Waals surface area (Å²) in [6, 6.07) is 0.886. The second-order valence-electron chi connectivity index (χ2n) is 7.51. The zero-order valence-electron chi connectivity index (χ0n) is 16.8. The summed E-state index contributed by atoms with van der Waals surface area (Å²) in [7, 11) is 1.90. The van der Waals surface area contributed by atoms with Crippen molar-refractivity contribution in [1.82, 2.24) is 19.6 Å². The van der Waals surface area contributed by atoms with E-state index in [-0.39, 0.29) is 5.91 Å². The molecule has 0 saturated carbocycles. The van der Waals surface area contributed by atoms with Gasteiger partial charge in [-0.25, -0.2) is 0 Å². The molecule has 5 nitrogen and oxygen atoms in total. The summed E-state index contributed by atoms with van der Waals surface area (Å²) < 4.78 is 1.83. The van der Waals surface area contributed by atoms with Gasteiger partial charge >= 0.3 is 0 Å². The number of unbranched alkanes of at least 4 members (excludes halogenated alkanes) is 1. The van der Waals surface area contributed by atoms with Crippen LogP contribution in [0.3, 0.4) is 0 Å². The molecule has 0 aromatic carbocycles. The third kappa shape index (κ3) is 5.10. The molecule has 0 atom stereocenters. The van der Waals surface area contributed by atoms with Crippen molar-refractivity contribution in [3.63, 3.8) is 0 Å². The fourth-order valence-corrected chi connectivity index (χ4v) is 3.78. The van der Waals surface area contributed by atoms with E-state index in [0.29, 0.717) is 17.2 Å². The molecule has 0 spiro atoms. The Kier molecular flexibility index (Phi) is 7.71. The number of aryl methyl sites for hydroxylation is 2. The maximum Gasteiger partial charge on any atom is 0.246 e. The number of likely N-dealkylation sites (N-methyl/N-ethyl adjacent to an activating group) is 1. The van der Waals surface area contributed by atoms with E-state index in [9.17, 15) is 4.79 Å². The van der Waals surface area contributed by atoms with Crippen LogP contribution >= 0.6 is 11.6 Å². The molecule has 2 rings (SSSR count). The molecule has 0 aliphatic carbocycles. The van der Waals surface area contributed by atoms with Crippen LogP contribution in [0.1, 0.15) is 57.7 Å². The van der Waals surface area contributed by atoms with E-state index in [1.807, 2.05) is 29.6 Å². The van der Waals surface area contributed by atoms with E-state index in [2.05, 4.69) is 30.8 Å². The highest BCUT2D eigenvalue weighted by Crippen LogP contribution is 2.22. The van der Waals surface area contributed by atoms with Gasteiger partial charge in [-0.15, -0.1) is 0 Å². The van der Waals surface area contributed by atoms with Gasteiger partial charge in [-0.3, -0.25) is 9.48 Å². The molecular formula is C20H33ClN4O. The minimum Gasteiger partial charge on any atom is -0.339 e. The van der Waals surface area contributed by atoms with Gasteiger partial charge in [0, 0.05) is 50.4 Å². The van der Waals surface area contributed by atoms with Crippen molar-refractivity contribution in [2.75, 3.05) is 20.1 Å². The smallest absolute Gasteiger partial charge is 0.246 e. The molecule has 1 aliphatic heterocycles. The van der Waals surface area contributed by atoms with Crippen LogP contribution in [-0.4, -0.2) is 57.7 Å². The quantitative estimate of drug-likeness (QED) is 0.671. The molecule has 0 N–H and O–H groups in total. The number of hydrogen-bond donors (Lipinski definition) is 0. The number of amides is 1. The number of likely N-dealkylation sites (tertiary alicyclic amines) is 1. The summed E-state index contributed by atoms with van der Waals surface area (Å²) in [5.41, 5.74) is 1.71. The van der Waals surface area contributed by atoms with Crippen LogP contribution in [-0.2, 0) is 11.3 Å². The molecule has 1 aromatic rings. The highest BCUT2D eigenvalue weighted by atomic mass is 35.5. The maximum atomic E-state index is 12.6. The Bertz CT molecular complexity index is 630. The first-order chi connectivity index (χ1) is 12.3. The number of carbonyl (C=O) groups is 1. The molecule has 26 heavy (non-hydrogen) atoms. The number of carbonyl (C=O) groups excluding carboxylic acids is 1. The number of hydrogen-bond acceptors (Lipinski definition) is 3. The Hall–Kier alpha value is -1.33. The van der Waals surface area contributed by atoms with Crippen LogP contribution in [0.25, 0.3) is 6.08 Å². The normalized spacial score (nSPS) is 16.7. The number of piperidine rings is 1. The first-order valence-corrected chi connectivity index (χ1v) is 10.1. The van der Waals surface area contributed by atoms with E-state index in [1.54, 1.807) is 6.08 Å². The highest BCUT2D eigenvalue weighted by Gasteiger charge is 2.25. The van der Waals surface area contributed by atoms with E-state index >= 15 is 0 Å². The molecule has 6 heteroatoms. The van der Waals surface area contributed by atoms with E-state index in [4.69, 9.17) is 11.6 Å². The molecule has 2 heterocycles. The predicted molar refractivity (Wildman–Crippen MR) is 108 cm³/mol. The molecule has 0 bridgehead atoms. The Morgan fingerprint density at radius 3 is 2.62 bits per heavy atom. The lowest BCUT2D eigenvalue weighted by Gasteiger charge is -2.38. The molecule has 1 amide bonds. The number of nitrogens with zero attached hydrogens (tertiary/aromatic N) is 4. The summed E-state index contributed by atoms with van der Waals surface area (Å²) in [6.45, 7) is 11.5. The summed E-state index contributed by atoms with van der Waals surface area (Å²) in [4.78, 5) is 16.9. The van der Waals surface area contributed by atoms with Crippen molar-refractivity contribution >= 4 is 23.6 Å². The molecule has 1 aliphatic rings. The van der Waals surface area contributed by atoms with Gasteiger partial charge < -0.3 is 9.80 Å². The molecule has 0 radical (unpaired) electrons. The highest BCUT2D eigenvalue weighted by molar-refractivity contribution is 6.31. The third-order valence-electron chi connectivity index (χ3n) is 5.35. The Morgan fingerprint density at radius 1 is 1.38 bits per heavy atom.